The molecule has 0 saturated carbocycles. The van der Waals surface area contributed by atoms with Crippen LogP contribution in [0.25, 0.3) is 0 Å². The molecule has 0 aliphatic carbocycles. The topological polar surface area (TPSA) is 61.9 Å². The van der Waals surface area contributed by atoms with Crippen molar-refractivity contribution in [2.75, 3.05) is 43.0 Å². The number of para-hydroxylation sites is 1. The first-order chi connectivity index (χ1) is 17.6. The van der Waals surface area contributed by atoms with E-state index in [4.69, 9.17) is 16.3 Å². The Morgan fingerprint density at radius 1 is 0.919 bits per heavy atom. The van der Waals surface area contributed by atoms with Gasteiger partial charge >= 0.3 is 0 Å². The lowest BCUT2D eigenvalue weighted by atomic mass is 9.87. The number of ether oxygens (including phenoxy) is 1. The van der Waals surface area contributed by atoms with Crippen molar-refractivity contribution < 1.29 is 14.3 Å². The van der Waals surface area contributed by atoms with Crippen molar-refractivity contribution >= 4 is 34.8 Å². The third-order valence-corrected chi connectivity index (χ3v) is 6.84. The molecule has 194 valence electrons. The predicted octanol–water partition coefficient (Wildman–Crippen LogP) is 5.93. The summed E-state index contributed by atoms with van der Waals surface area (Å²) in [6.07, 6.45) is 0. The zero-order valence-corrected chi connectivity index (χ0v) is 22.6. The Bertz CT molecular complexity index is 1240. The molecule has 1 N–H and O–H groups in total. The summed E-state index contributed by atoms with van der Waals surface area (Å²) in [6, 6.07) is 20.9. The highest BCUT2D eigenvalue weighted by Gasteiger charge is 2.25. The van der Waals surface area contributed by atoms with Gasteiger partial charge in [0, 0.05) is 31.7 Å². The maximum absolute atomic E-state index is 12.9. The van der Waals surface area contributed by atoms with Gasteiger partial charge in [-0.3, -0.25) is 9.59 Å². The van der Waals surface area contributed by atoms with Crippen LogP contribution in [0.15, 0.2) is 66.7 Å². The molecule has 2 amide bonds. The van der Waals surface area contributed by atoms with E-state index < -0.39 is 0 Å². The number of rotatable bonds is 6. The summed E-state index contributed by atoms with van der Waals surface area (Å²) in [6.45, 7) is 10.7. The minimum absolute atomic E-state index is 0.0278. The number of nitrogens with one attached hydrogen (secondary N) is 1. The largest absolute Gasteiger partial charge is 0.484 e. The van der Waals surface area contributed by atoms with Gasteiger partial charge < -0.3 is 19.9 Å². The summed E-state index contributed by atoms with van der Waals surface area (Å²) in [5.41, 5.74) is 4.46. The van der Waals surface area contributed by atoms with E-state index in [1.54, 1.807) is 0 Å². The molecule has 37 heavy (non-hydrogen) atoms. The Kier molecular flexibility index (Phi) is 8.08. The quantitative estimate of drug-likeness (QED) is 0.438. The van der Waals surface area contributed by atoms with Gasteiger partial charge in [-0.15, -0.1) is 0 Å². The first-order valence-corrected chi connectivity index (χ1v) is 12.9. The molecule has 1 fully saturated rings. The minimum Gasteiger partial charge on any atom is -0.484 e. The summed E-state index contributed by atoms with van der Waals surface area (Å²) in [4.78, 5) is 29.6. The number of carbonyl (C=O) groups excluding carboxylic acids is 2. The Morgan fingerprint density at radius 2 is 1.57 bits per heavy atom. The lowest BCUT2D eigenvalue weighted by Crippen LogP contribution is -2.49. The summed E-state index contributed by atoms with van der Waals surface area (Å²) >= 11 is 6.58. The predicted molar refractivity (Wildman–Crippen MR) is 150 cm³/mol. The second kappa shape index (κ2) is 11.3. The molecule has 7 heteroatoms. The number of aryl methyl sites for hydroxylation is 1. The van der Waals surface area contributed by atoms with E-state index in [1.807, 2.05) is 78.6 Å². The minimum atomic E-state index is -0.267. The standard InChI is InChI=1S/C30H34ClN3O3/c1-21-8-10-22(11-9-21)29(36)34-18-16-33(17-19-34)28-25(31)6-5-7-26(28)32-27(35)20-37-24-14-12-23(13-15-24)30(2,3)4/h5-15H,16-20H2,1-4H3,(H,32,35). The molecule has 3 aromatic rings. The van der Waals surface area contributed by atoms with E-state index in [0.717, 1.165) is 11.3 Å². The van der Waals surface area contributed by atoms with Crippen LogP contribution in [0.1, 0.15) is 42.3 Å². The zero-order chi connectivity index (χ0) is 26.6. The fourth-order valence-electron chi connectivity index (χ4n) is 4.34. The maximum Gasteiger partial charge on any atom is 0.262 e. The molecule has 1 heterocycles. The molecule has 1 aliphatic rings. The number of hydrogen-bond acceptors (Lipinski definition) is 4. The van der Waals surface area contributed by atoms with Crippen LogP contribution in [0.3, 0.4) is 0 Å². The molecule has 0 unspecified atom stereocenters. The highest BCUT2D eigenvalue weighted by Crippen LogP contribution is 2.35. The van der Waals surface area contributed by atoms with E-state index >= 15 is 0 Å². The van der Waals surface area contributed by atoms with Crippen LogP contribution in [-0.2, 0) is 10.2 Å². The van der Waals surface area contributed by atoms with E-state index in [-0.39, 0.29) is 23.8 Å². The summed E-state index contributed by atoms with van der Waals surface area (Å²) in [7, 11) is 0. The van der Waals surface area contributed by atoms with Crippen LogP contribution < -0.4 is 15.0 Å². The van der Waals surface area contributed by atoms with Crippen molar-refractivity contribution in [3.63, 3.8) is 0 Å². The zero-order valence-electron chi connectivity index (χ0n) is 21.9. The van der Waals surface area contributed by atoms with Gasteiger partial charge in [0.2, 0.25) is 0 Å². The SMILES string of the molecule is Cc1ccc(C(=O)N2CCN(c3c(Cl)cccc3NC(=O)COc3ccc(C(C)(C)C)cc3)CC2)cc1. The molecule has 0 atom stereocenters. The smallest absolute Gasteiger partial charge is 0.262 e. The lowest BCUT2D eigenvalue weighted by Gasteiger charge is -2.37. The Hall–Kier alpha value is -3.51. The molecule has 6 nitrogen and oxygen atoms in total. The lowest BCUT2D eigenvalue weighted by molar-refractivity contribution is -0.118. The van der Waals surface area contributed by atoms with Crippen molar-refractivity contribution in [3.05, 3.63) is 88.4 Å². The van der Waals surface area contributed by atoms with Gasteiger partial charge in [-0.05, 0) is 54.3 Å². The van der Waals surface area contributed by atoms with E-state index in [2.05, 4.69) is 31.0 Å². The third kappa shape index (κ3) is 6.63. The van der Waals surface area contributed by atoms with Crippen molar-refractivity contribution in [1.29, 1.82) is 0 Å². The van der Waals surface area contributed by atoms with Gasteiger partial charge in [-0.25, -0.2) is 0 Å². The molecule has 1 aliphatic heterocycles. The third-order valence-electron chi connectivity index (χ3n) is 6.53. The second-order valence-corrected chi connectivity index (χ2v) is 10.8. The highest BCUT2D eigenvalue weighted by molar-refractivity contribution is 6.34. The van der Waals surface area contributed by atoms with Gasteiger partial charge in [-0.1, -0.05) is 68.3 Å². The molecular formula is C30H34ClN3O3. The van der Waals surface area contributed by atoms with Gasteiger partial charge in [0.15, 0.2) is 6.61 Å². The molecule has 0 spiro atoms. The molecule has 0 bridgehead atoms. The van der Waals surface area contributed by atoms with Gasteiger partial charge in [0.1, 0.15) is 5.75 Å². The second-order valence-electron chi connectivity index (χ2n) is 10.4. The average molecular weight is 520 g/mol. The molecule has 3 aromatic carbocycles. The van der Waals surface area contributed by atoms with Gasteiger partial charge in [0.25, 0.3) is 11.8 Å². The molecule has 1 saturated heterocycles. The van der Waals surface area contributed by atoms with Gasteiger partial charge in [0.05, 0.1) is 16.4 Å². The normalized spacial score (nSPS) is 13.9. The Balaban J connectivity index is 1.37. The van der Waals surface area contributed by atoms with Gasteiger partial charge in [-0.2, -0.15) is 0 Å². The Morgan fingerprint density at radius 3 is 2.19 bits per heavy atom. The van der Waals surface area contributed by atoms with Crippen molar-refractivity contribution in [2.45, 2.75) is 33.1 Å². The first kappa shape index (κ1) is 26.6. The van der Waals surface area contributed by atoms with E-state index in [1.165, 1.54) is 5.56 Å². The highest BCUT2D eigenvalue weighted by atomic mass is 35.5. The Labute approximate surface area is 224 Å². The molecular weight excluding hydrogens is 486 g/mol. The number of amides is 2. The van der Waals surface area contributed by atoms with Crippen LogP contribution in [-0.4, -0.2) is 49.5 Å². The van der Waals surface area contributed by atoms with E-state index in [9.17, 15) is 9.59 Å². The first-order valence-electron chi connectivity index (χ1n) is 12.5. The van der Waals surface area contributed by atoms with Crippen molar-refractivity contribution in [3.8, 4) is 5.75 Å². The van der Waals surface area contributed by atoms with Crippen LogP contribution in [0.2, 0.25) is 5.02 Å². The molecule has 0 radical (unpaired) electrons. The van der Waals surface area contributed by atoms with Crippen LogP contribution in [0.4, 0.5) is 11.4 Å². The monoisotopic (exact) mass is 519 g/mol. The fraction of sp³-hybridized carbons (Fsp3) is 0.333. The van der Waals surface area contributed by atoms with Crippen molar-refractivity contribution in [1.82, 2.24) is 4.90 Å². The molecule has 0 aromatic heterocycles. The van der Waals surface area contributed by atoms with E-state index in [0.29, 0.717) is 48.2 Å². The summed E-state index contributed by atoms with van der Waals surface area (Å²) in [5, 5.41) is 3.50. The molecule has 4 rings (SSSR count). The maximum atomic E-state index is 12.9. The number of anilines is 2. The number of halogens is 1. The number of carbonyl (C=O) groups is 2. The number of piperazine rings is 1. The average Bonchev–Trinajstić information content (AvgIpc) is 2.87. The number of nitrogens with zero attached hydrogens (tertiary/aromatic N) is 2. The summed E-state index contributed by atoms with van der Waals surface area (Å²) in [5.74, 6) is 0.403. The fourth-order valence-corrected chi connectivity index (χ4v) is 4.63. The van der Waals surface area contributed by atoms with Crippen molar-refractivity contribution in [2.24, 2.45) is 0 Å². The van der Waals surface area contributed by atoms with Crippen LogP contribution in [0, 0.1) is 6.92 Å². The van der Waals surface area contributed by atoms with Crippen LogP contribution in [0.5, 0.6) is 5.75 Å². The summed E-state index contributed by atoms with van der Waals surface area (Å²) < 4.78 is 5.71. The number of hydrogen-bond donors (Lipinski definition) is 1. The van der Waals surface area contributed by atoms with Crippen LogP contribution >= 0.6 is 11.6 Å². The number of benzene rings is 3.